The van der Waals surface area contributed by atoms with E-state index in [1.54, 1.807) is 64.1 Å². The normalized spacial score (nSPS) is 17.8. The average Bonchev–Trinajstić information content (AvgIpc) is 2.99. The fourth-order valence-corrected chi connectivity index (χ4v) is 5.78. The van der Waals surface area contributed by atoms with Crippen LogP contribution in [0.25, 0.3) is 0 Å². The number of carbonyl (C=O) groups is 4. The molecule has 216 valence electrons. The number of nitrogens with zero attached hydrogens (tertiary/aromatic N) is 1. The number of hydrogen-bond donors (Lipinski definition) is 2. The van der Waals surface area contributed by atoms with Gasteiger partial charge in [-0.1, -0.05) is 36.8 Å². The first-order valence-corrected chi connectivity index (χ1v) is 14.4. The van der Waals surface area contributed by atoms with Crippen LogP contribution < -0.4 is 16.0 Å². The van der Waals surface area contributed by atoms with E-state index in [1.165, 1.54) is 16.7 Å². The second kappa shape index (κ2) is 14.3. The van der Waals surface area contributed by atoms with Crippen LogP contribution in [-0.2, 0) is 23.9 Å². The van der Waals surface area contributed by atoms with E-state index in [-0.39, 0.29) is 19.1 Å². The number of fused-ring (bicyclic) bond motifs is 1. The number of amides is 2. The summed E-state index contributed by atoms with van der Waals surface area (Å²) < 4.78 is 10.9. The van der Waals surface area contributed by atoms with Crippen LogP contribution in [-0.4, -0.2) is 54.4 Å². The quantitative estimate of drug-likeness (QED) is 0.305. The maximum Gasteiger partial charge on any atom is 0.326 e. The van der Waals surface area contributed by atoms with E-state index in [0.717, 1.165) is 4.90 Å². The van der Waals surface area contributed by atoms with Crippen molar-refractivity contribution in [2.75, 3.05) is 24.6 Å². The topological polar surface area (TPSA) is 128 Å². The van der Waals surface area contributed by atoms with Gasteiger partial charge in [-0.05, 0) is 64.8 Å². The zero-order valence-electron chi connectivity index (χ0n) is 23.6. The van der Waals surface area contributed by atoms with Crippen molar-refractivity contribution in [2.24, 2.45) is 17.6 Å². The van der Waals surface area contributed by atoms with Crippen LogP contribution in [0.2, 0.25) is 0 Å². The smallest absolute Gasteiger partial charge is 0.326 e. The predicted octanol–water partition coefficient (Wildman–Crippen LogP) is 4.15. The highest BCUT2D eigenvalue weighted by molar-refractivity contribution is 8.00. The van der Waals surface area contributed by atoms with Crippen molar-refractivity contribution >= 4 is 41.2 Å². The van der Waals surface area contributed by atoms with Gasteiger partial charge in [-0.3, -0.25) is 24.1 Å². The zero-order chi connectivity index (χ0) is 29.3. The number of anilines is 1. The van der Waals surface area contributed by atoms with Crippen molar-refractivity contribution < 1.29 is 28.7 Å². The Kier molecular flexibility index (Phi) is 11.2. The number of unbranched alkanes of at least 4 members (excludes halogenated alkanes) is 1. The molecule has 1 unspecified atom stereocenters. The maximum absolute atomic E-state index is 14.1. The highest BCUT2D eigenvalue weighted by Crippen LogP contribution is 2.42. The molecule has 2 amide bonds. The number of benzene rings is 2. The van der Waals surface area contributed by atoms with Crippen molar-refractivity contribution in [3.8, 4) is 0 Å². The monoisotopic (exact) mass is 569 g/mol. The zero-order valence-corrected chi connectivity index (χ0v) is 24.4. The Balaban J connectivity index is 1.77. The number of nitrogens with two attached hydrogens (primary N) is 1. The Morgan fingerprint density at radius 2 is 1.73 bits per heavy atom. The molecule has 3 atom stereocenters. The van der Waals surface area contributed by atoms with Gasteiger partial charge < -0.3 is 20.5 Å². The Hall–Kier alpha value is -3.37. The molecule has 40 heavy (non-hydrogen) atoms. The van der Waals surface area contributed by atoms with E-state index in [4.69, 9.17) is 15.2 Å². The maximum atomic E-state index is 14.1. The standard InChI is InChI=1S/C30H39N3O6S/c1-5-38-29(37)21(15-11-12-18-32-27(35)20-13-7-6-8-14-20)25-26(31)40-23-17-10-9-16-22(23)33(28(25)36)19-24(34)39-30(2,3)4/h6-10,13-14,16-17,21,25-26H,5,11-12,15,18-19,31H2,1-4H3,(H,32,35)/t21-,25-,26?/m0/s1. The van der Waals surface area contributed by atoms with Crippen LogP contribution in [0.15, 0.2) is 59.5 Å². The molecule has 0 saturated carbocycles. The highest BCUT2D eigenvalue weighted by Gasteiger charge is 2.44. The van der Waals surface area contributed by atoms with E-state index in [0.29, 0.717) is 37.1 Å². The molecular weight excluding hydrogens is 530 g/mol. The number of carbonyl (C=O) groups excluding carboxylic acids is 4. The number of rotatable bonds is 11. The van der Waals surface area contributed by atoms with Gasteiger partial charge in [0.15, 0.2) is 0 Å². The number of esters is 2. The van der Waals surface area contributed by atoms with Crippen molar-refractivity contribution in [3.63, 3.8) is 0 Å². The number of para-hydroxylation sites is 1. The van der Waals surface area contributed by atoms with Gasteiger partial charge in [0, 0.05) is 17.0 Å². The van der Waals surface area contributed by atoms with E-state index < -0.39 is 40.7 Å². The third kappa shape index (κ3) is 8.56. The largest absolute Gasteiger partial charge is 0.466 e. The minimum atomic E-state index is -0.933. The Bertz CT molecular complexity index is 1180. The van der Waals surface area contributed by atoms with Crippen LogP contribution in [0.3, 0.4) is 0 Å². The lowest BCUT2D eigenvalue weighted by Crippen LogP contribution is -2.49. The molecule has 0 spiro atoms. The van der Waals surface area contributed by atoms with Crippen LogP contribution in [0, 0.1) is 11.8 Å². The lowest BCUT2D eigenvalue weighted by Gasteiger charge is -2.31. The molecule has 2 aromatic rings. The number of ether oxygens (including phenoxy) is 2. The molecule has 0 radical (unpaired) electrons. The summed E-state index contributed by atoms with van der Waals surface area (Å²) in [4.78, 5) is 54.5. The summed E-state index contributed by atoms with van der Waals surface area (Å²) in [7, 11) is 0. The van der Waals surface area contributed by atoms with Crippen molar-refractivity contribution in [3.05, 3.63) is 60.2 Å². The van der Waals surface area contributed by atoms with Gasteiger partial charge in [-0.2, -0.15) is 0 Å². The molecule has 0 bridgehead atoms. The van der Waals surface area contributed by atoms with E-state index >= 15 is 0 Å². The van der Waals surface area contributed by atoms with Gasteiger partial charge in [-0.15, -0.1) is 11.8 Å². The molecule has 9 nitrogen and oxygen atoms in total. The molecule has 0 saturated heterocycles. The summed E-state index contributed by atoms with van der Waals surface area (Å²) >= 11 is 1.30. The second-order valence-corrected chi connectivity index (χ2v) is 11.8. The molecule has 0 fully saturated rings. The van der Waals surface area contributed by atoms with E-state index in [9.17, 15) is 19.2 Å². The molecule has 1 aliphatic rings. The molecule has 3 rings (SSSR count). The lowest BCUT2D eigenvalue weighted by atomic mass is 9.86. The predicted molar refractivity (Wildman–Crippen MR) is 155 cm³/mol. The summed E-state index contributed by atoms with van der Waals surface area (Å²) in [6.07, 6.45) is 1.49. The van der Waals surface area contributed by atoms with E-state index in [2.05, 4.69) is 5.32 Å². The Morgan fingerprint density at radius 1 is 1.05 bits per heavy atom. The van der Waals surface area contributed by atoms with Crippen molar-refractivity contribution in [1.29, 1.82) is 0 Å². The van der Waals surface area contributed by atoms with Gasteiger partial charge in [0.2, 0.25) is 5.91 Å². The molecule has 3 N–H and O–H groups in total. The van der Waals surface area contributed by atoms with Gasteiger partial charge in [-0.25, -0.2) is 0 Å². The molecule has 0 aliphatic carbocycles. The van der Waals surface area contributed by atoms with Crippen LogP contribution in [0.4, 0.5) is 5.69 Å². The third-order valence-corrected chi connectivity index (χ3v) is 7.48. The summed E-state index contributed by atoms with van der Waals surface area (Å²) in [6.45, 7) is 7.26. The Morgan fingerprint density at radius 3 is 2.40 bits per heavy atom. The highest BCUT2D eigenvalue weighted by atomic mass is 32.2. The second-order valence-electron chi connectivity index (χ2n) is 10.6. The summed E-state index contributed by atoms with van der Waals surface area (Å²) in [5.41, 5.74) is 6.98. The number of hydrogen-bond acceptors (Lipinski definition) is 8. The molecule has 10 heteroatoms. The van der Waals surface area contributed by atoms with Crippen molar-refractivity contribution in [2.45, 2.75) is 62.8 Å². The van der Waals surface area contributed by atoms with E-state index in [1.807, 2.05) is 18.2 Å². The average molecular weight is 570 g/mol. The number of thioether (sulfide) groups is 1. The SMILES string of the molecule is CCOC(=O)[C@@H](CCCCNC(=O)c1ccccc1)[C@@H]1C(=O)N(CC(=O)OC(C)(C)C)c2ccccc2SC1N. The van der Waals surface area contributed by atoms with Gasteiger partial charge >= 0.3 is 11.9 Å². The lowest BCUT2D eigenvalue weighted by molar-refractivity contribution is -0.154. The van der Waals surface area contributed by atoms with Gasteiger partial charge in [0.05, 0.1) is 29.5 Å². The molecule has 1 aliphatic heterocycles. The van der Waals surface area contributed by atoms with Gasteiger partial charge in [0.1, 0.15) is 12.1 Å². The van der Waals surface area contributed by atoms with Gasteiger partial charge in [0.25, 0.3) is 5.91 Å². The first-order valence-electron chi connectivity index (χ1n) is 13.6. The molecule has 0 aromatic heterocycles. The number of nitrogens with one attached hydrogen (secondary N) is 1. The first-order chi connectivity index (χ1) is 19.0. The summed E-state index contributed by atoms with van der Waals surface area (Å²) in [5.74, 6) is -3.42. The van der Waals surface area contributed by atoms with Crippen molar-refractivity contribution in [1.82, 2.24) is 5.32 Å². The fourth-order valence-electron chi connectivity index (χ4n) is 4.58. The minimum absolute atomic E-state index is 0.160. The molecule has 1 heterocycles. The first kappa shape index (κ1) is 31.2. The summed E-state index contributed by atoms with van der Waals surface area (Å²) in [6, 6.07) is 16.1. The van der Waals surface area contributed by atoms with Crippen LogP contribution >= 0.6 is 11.8 Å². The Labute approximate surface area is 240 Å². The summed E-state index contributed by atoms with van der Waals surface area (Å²) in [5, 5.41) is 2.14. The van der Waals surface area contributed by atoms with Crippen LogP contribution in [0.5, 0.6) is 0 Å². The molecule has 2 aromatic carbocycles. The van der Waals surface area contributed by atoms with Crippen LogP contribution in [0.1, 0.15) is 57.3 Å². The molecular formula is C30H39N3O6S. The fraction of sp³-hybridized carbons (Fsp3) is 0.467. The third-order valence-electron chi connectivity index (χ3n) is 6.32. The minimum Gasteiger partial charge on any atom is -0.466 e.